The number of benzene rings is 1. The van der Waals surface area contributed by atoms with Crippen molar-refractivity contribution in [3.8, 4) is 0 Å². The van der Waals surface area contributed by atoms with Gasteiger partial charge in [-0.3, -0.25) is 0 Å². The van der Waals surface area contributed by atoms with Crippen molar-refractivity contribution in [2.24, 2.45) is 0 Å². The average molecular weight is 363 g/mol. The Labute approximate surface area is 170 Å². The van der Waals surface area contributed by atoms with Gasteiger partial charge >= 0.3 is 29.6 Å². The molecule has 0 atom stereocenters. The largest absolute Gasteiger partial charge is 1.00 e. The van der Waals surface area contributed by atoms with Crippen LogP contribution < -0.4 is 29.6 Å². The number of hydrogen-bond acceptors (Lipinski definition) is 3. The summed E-state index contributed by atoms with van der Waals surface area (Å²) >= 11 is 0. The second-order valence-electron chi connectivity index (χ2n) is 6.35. The molecular formula is C19H31NaO3S. The Balaban J connectivity index is 0.00000529. The van der Waals surface area contributed by atoms with Crippen molar-refractivity contribution in [3.05, 3.63) is 28.8 Å². The zero-order valence-electron chi connectivity index (χ0n) is 15.9. The van der Waals surface area contributed by atoms with Gasteiger partial charge in [0.05, 0.1) is 4.90 Å². The first kappa shape index (κ1) is 24.1. The molecule has 0 bridgehead atoms. The molecule has 0 aliphatic heterocycles. The summed E-state index contributed by atoms with van der Waals surface area (Å²) in [6.45, 7) is 6.34. The molecule has 0 aromatic heterocycles. The fourth-order valence-corrected chi connectivity index (χ4v) is 3.78. The van der Waals surface area contributed by atoms with E-state index in [1.165, 1.54) is 18.4 Å². The van der Waals surface area contributed by atoms with Crippen molar-refractivity contribution in [3.63, 3.8) is 0 Å². The molecule has 0 saturated heterocycles. The van der Waals surface area contributed by atoms with Crippen LogP contribution in [0.15, 0.2) is 17.0 Å². The monoisotopic (exact) mass is 362 g/mol. The first-order chi connectivity index (χ1) is 10.9. The predicted molar refractivity (Wildman–Crippen MR) is 94.9 cm³/mol. The molecule has 0 heterocycles. The number of rotatable bonds is 11. The van der Waals surface area contributed by atoms with Crippen LogP contribution in [0.1, 0.15) is 82.4 Å². The van der Waals surface area contributed by atoms with Crippen LogP contribution in [0.3, 0.4) is 0 Å². The standard InChI is InChI=1S/C19H32O3S.Na/c1-4-7-9-12-16-14-18(11-6-3)19(23(20,21)22)15-17(16)13-10-8-5-2;/h14-15H,4-13H2,1-3H3,(H,20,21,22);/q;+1/p-1. The summed E-state index contributed by atoms with van der Waals surface area (Å²) in [5, 5.41) is 0. The summed E-state index contributed by atoms with van der Waals surface area (Å²) in [7, 11) is -4.40. The molecule has 0 unspecified atom stereocenters. The van der Waals surface area contributed by atoms with E-state index >= 15 is 0 Å². The quantitative estimate of drug-likeness (QED) is 0.344. The third-order valence-electron chi connectivity index (χ3n) is 4.27. The molecule has 0 aliphatic rings. The normalized spacial score (nSPS) is 11.3. The Morgan fingerprint density at radius 3 is 1.67 bits per heavy atom. The smallest absolute Gasteiger partial charge is 0.744 e. The van der Waals surface area contributed by atoms with Gasteiger partial charge < -0.3 is 4.55 Å². The third-order valence-corrected chi connectivity index (χ3v) is 5.19. The molecule has 0 N–H and O–H groups in total. The SMILES string of the molecule is CCCCCc1cc(CCC)c(S(=O)(=O)[O-])cc1CCCCC.[Na+]. The topological polar surface area (TPSA) is 57.2 Å². The number of unbranched alkanes of at least 4 members (excludes halogenated alkanes) is 4. The fourth-order valence-electron chi connectivity index (χ4n) is 3.01. The minimum absolute atomic E-state index is 0. The summed E-state index contributed by atoms with van der Waals surface area (Å²) in [6, 6.07) is 3.66. The second kappa shape index (κ2) is 12.5. The van der Waals surface area contributed by atoms with E-state index in [-0.39, 0.29) is 34.5 Å². The van der Waals surface area contributed by atoms with E-state index in [9.17, 15) is 13.0 Å². The Hall–Kier alpha value is 0.130. The van der Waals surface area contributed by atoms with Crippen LogP contribution in [0.2, 0.25) is 0 Å². The van der Waals surface area contributed by atoms with E-state index in [4.69, 9.17) is 0 Å². The van der Waals surface area contributed by atoms with Crippen LogP contribution in [0.5, 0.6) is 0 Å². The molecule has 1 rings (SSSR count). The molecule has 0 fully saturated rings. The van der Waals surface area contributed by atoms with Crippen LogP contribution in [-0.2, 0) is 29.4 Å². The van der Waals surface area contributed by atoms with Gasteiger partial charge in [-0.25, -0.2) is 8.42 Å². The summed E-state index contributed by atoms with van der Waals surface area (Å²) in [5.41, 5.74) is 3.00. The molecule has 0 amide bonds. The first-order valence-corrected chi connectivity index (χ1v) is 10.4. The number of hydrogen-bond donors (Lipinski definition) is 0. The molecule has 132 valence electrons. The van der Waals surface area contributed by atoms with Gasteiger partial charge in [-0.1, -0.05) is 58.9 Å². The molecular weight excluding hydrogens is 331 g/mol. The van der Waals surface area contributed by atoms with Crippen molar-refractivity contribution in [1.29, 1.82) is 0 Å². The van der Waals surface area contributed by atoms with Crippen LogP contribution >= 0.6 is 0 Å². The van der Waals surface area contributed by atoms with E-state index in [2.05, 4.69) is 13.8 Å². The van der Waals surface area contributed by atoms with Gasteiger partial charge in [-0.2, -0.15) is 0 Å². The minimum atomic E-state index is -4.40. The van der Waals surface area contributed by atoms with Crippen LogP contribution in [0.25, 0.3) is 0 Å². The minimum Gasteiger partial charge on any atom is -0.744 e. The molecule has 1 aromatic carbocycles. The average Bonchev–Trinajstić information content (AvgIpc) is 2.48. The van der Waals surface area contributed by atoms with E-state index in [1.54, 1.807) is 6.07 Å². The maximum absolute atomic E-state index is 11.6. The zero-order chi connectivity index (χ0) is 17.3. The summed E-state index contributed by atoms with van der Waals surface area (Å²) in [6.07, 6.45) is 10.1. The second-order valence-corrected chi connectivity index (χ2v) is 7.70. The van der Waals surface area contributed by atoms with Crippen molar-refractivity contribution in [2.45, 2.75) is 89.9 Å². The van der Waals surface area contributed by atoms with E-state index < -0.39 is 10.1 Å². The Kier molecular flexibility index (Phi) is 12.5. The third kappa shape index (κ3) is 8.01. The summed E-state index contributed by atoms with van der Waals surface area (Å²) in [5.74, 6) is 0. The van der Waals surface area contributed by atoms with Crippen molar-refractivity contribution in [1.82, 2.24) is 0 Å². The zero-order valence-corrected chi connectivity index (χ0v) is 18.7. The molecule has 5 heteroatoms. The van der Waals surface area contributed by atoms with Gasteiger partial charge in [0.15, 0.2) is 0 Å². The Morgan fingerprint density at radius 2 is 1.25 bits per heavy atom. The van der Waals surface area contributed by atoms with Gasteiger partial charge in [0, 0.05) is 0 Å². The van der Waals surface area contributed by atoms with Gasteiger partial charge in [-0.15, -0.1) is 0 Å². The van der Waals surface area contributed by atoms with E-state index in [0.717, 1.165) is 50.5 Å². The first-order valence-electron chi connectivity index (χ1n) is 9.04. The van der Waals surface area contributed by atoms with Crippen molar-refractivity contribution >= 4 is 10.1 Å². The molecule has 3 nitrogen and oxygen atoms in total. The van der Waals surface area contributed by atoms with Crippen molar-refractivity contribution < 1.29 is 42.5 Å². The molecule has 1 aromatic rings. The Bertz CT molecular complexity index is 583. The van der Waals surface area contributed by atoms with Gasteiger partial charge in [0.2, 0.25) is 0 Å². The van der Waals surface area contributed by atoms with Gasteiger partial charge in [0.25, 0.3) is 0 Å². The van der Waals surface area contributed by atoms with Gasteiger partial charge in [0.1, 0.15) is 10.1 Å². The van der Waals surface area contributed by atoms with Crippen LogP contribution in [-0.4, -0.2) is 13.0 Å². The molecule has 24 heavy (non-hydrogen) atoms. The molecule has 0 radical (unpaired) electrons. The van der Waals surface area contributed by atoms with E-state index in [1.807, 2.05) is 13.0 Å². The molecule has 0 spiro atoms. The molecule has 0 aliphatic carbocycles. The predicted octanol–water partition coefficient (Wildman–Crippen LogP) is 2.01. The van der Waals surface area contributed by atoms with Crippen molar-refractivity contribution in [2.75, 3.05) is 0 Å². The Morgan fingerprint density at radius 1 is 0.750 bits per heavy atom. The fraction of sp³-hybridized carbons (Fsp3) is 0.684. The molecule has 0 saturated carbocycles. The van der Waals surface area contributed by atoms with Crippen LogP contribution in [0, 0.1) is 0 Å². The van der Waals surface area contributed by atoms with Crippen LogP contribution in [0.4, 0.5) is 0 Å². The van der Waals surface area contributed by atoms with Gasteiger partial charge in [-0.05, 0) is 54.9 Å². The summed E-state index contributed by atoms with van der Waals surface area (Å²) in [4.78, 5) is 0.00471. The number of aryl methyl sites for hydroxylation is 3. The van der Waals surface area contributed by atoms with E-state index in [0.29, 0.717) is 12.0 Å². The summed E-state index contributed by atoms with van der Waals surface area (Å²) < 4.78 is 34.9. The maximum atomic E-state index is 11.6. The maximum Gasteiger partial charge on any atom is 1.00 e.